The van der Waals surface area contributed by atoms with Gasteiger partial charge < -0.3 is 9.80 Å². The highest BCUT2D eigenvalue weighted by Crippen LogP contribution is 2.44. The number of carbonyl (C=O) groups is 1. The van der Waals surface area contributed by atoms with Gasteiger partial charge in [-0.25, -0.2) is 9.90 Å². The molecule has 0 spiro atoms. The van der Waals surface area contributed by atoms with Crippen molar-refractivity contribution in [1.82, 2.24) is 15.0 Å². The molecule has 34 heavy (non-hydrogen) atoms. The van der Waals surface area contributed by atoms with E-state index in [1.165, 1.54) is 23.9 Å². The number of nitrogens with one attached hydrogen (secondary N) is 1. The molecule has 1 amide bonds. The van der Waals surface area contributed by atoms with E-state index in [1.807, 2.05) is 18.7 Å². The van der Waals surface area contributed by atoms with Crippen molar-refractivity contribution < 1.29 is 18.0 Å². The number of rotatable bonds is 6. The van der Waals surface area contributed by atoms with Crippen LogP contribution in [0.1, 0.15) is 44.4 Å². The Morgan fingerprint density at radius 1 is 1.32 bits per heavy atom. The minimum atomic E-state index is -4.51. The molecular weight excluding hydrogens is 490 g/mol. The number of carbonyl (C=O) groups excluding carboxylic acids is 1. The molecule has 0 fully saturated rings. The summed E-state index contributed by atoms with van der Waals surface area (Å²) >= 11 is 12.0. The molecule has 0 saturated carbocycles. The van der Waals surface area contributed by atoms with Crippen LogP contribution in [0, 0.1) is 0 Å². The summed E-state index contributed by atoms with van der Waals surface area (Å²) in [6, 6.07) is 2.80. The Balaban J connectivity index is 2.11. The molecular formula is C23H26Cl2F3N5O. The zero-order valence-corrected chi connectivity index (χ0v) is 20.8. The van der Waals surface area contributed by atoms with Crippen molar-refractivity contribution in [2.45, 2.75) is 45.5 Å². The number of aryl methyl sites for hydroxylation is 1. The highest BCUT2D eigenvalue weighted by Gasteiger charge is 2.39. The Labute approximate surface area is 206 Å². The molecule has 2 atom stereocenters. The van der Waals surface area contributed by atoms with Crippen molar-refractivity contribution in [3.63, 3.8) is 0 Å². The topological polar surface area (TPSA) is 57.2 Å². The van der Waals surface area contributed by atoms with Crippen LogP contribution in [0.4, 0.5) is 24.8 Å². The van der Waals surface area contributed by atoms with E-state index in [9.17, 15) is 18.0 Å². The van der Waals surface area contributed by atoms with Crippen LogP contribution >= 0.6 is 23.2 Å². The van der Waals surface area contributed by atoms with Crippen LogP contribution in [0.5, 0.6) is 0 Å². The summed E-state index contributed by atoms with van der Waals surface area (Å²) in [7, 11) is 1.72. The monoisotopic (exact) mass is 515 g/mol. The van der Waals surface area contributed by atoms with Crippen LogP contribution < -0.4 is 9.80 Å². The molecule has 6 nitrogen and oxygen atoms in total. The first kappa shape index (κ1) is 26.0. The van der Waals surface area contributed by atoms with Gasteiger partial charge in [-0.1, -0.05) is 35.4 Å². The van der Waals surface area contributed by atoms with Gasteiger partial charge in [-0.05, 0) is 56.2 Å². The predicted octanol–water partition coefficient (Wildman–Crippen LogP) is 6.28. The Bertz CT molecular complexity index is 1140. The van der Waals surface area contributed by atoms with E-state index < -0.39 is 17.8 Å². The van der Waals surface area contributed by atoms with E-state index in [2.05, 4.69) is 16.8 Å². The average Bonchev–Trinajstić information content (AvgIpc) is 2.67. The first-order valence-electron chi connectivity index (χ1n) is 10.5. The average molecular weight is 516 g/mol. The molecule has 1 aliphatic rings. The van der Waals surface area contributed by atoms with Crippen LogP contribution in [0.25, 0.3) is 0 Å². The number of anilines is 2. The maximum atomic E-state index is 13.6. The second-order valence-electron chi connectivity index (χ2n) is 8.41. The number of aromatic nitrogens is 3. The van der Waals surface area contributed by atoms with Gasteiger partial charge in [0.05, 0.1) is 11.6 Å². The molecule has 0 aliphatic carbocycles. The molecule has 1 aromatic carbocycles. The number of allylic oxidation sites excluding steroid dienone is 4. The summed E-state index contributed by atoms with van der Waals surface area (Å²) in [5.74, 6) is 0.278. The lowest BCUT2D eigenvalue weighted by molar-refractivity contribution is -0.137. The number of halogens is 5. The van der Waals surface area contributed by atoms with Crippen molar-refractivity contribution in [3.05, 3.63) is 63.7 Å². The minimum absolute atomic E-state index is 0.230. The fraction of sp³-hybridized carbons (Fsp3) is 0.391. The fourth-order valence-corrected chi connectivity index (χ4v) is 4.76. The smallest absolute Gasteiger partial charge is 0.329 e. The van der Waals surface area contributed by atoms with Crippen LogP contribution in [0.3, 0.4) is 0 Å². The quantitative estimate of drug-likeness (QED) is 0.460. The number of nitrogens with zero attached hydrogens (tertiary/aromatic N) is 4. The zero-order valence-electron chi connectivity index (χ0n) is 19.2. The van der Waals surface area contributed by atoms with Gasteiger partial charge in [0.25, 0.3) is 0 Å². The van der Waals surface area contributed by atoms with E-state index in [-0.39, 0.29) is 17.0 Å². The number of hydrogen-bond donors (Lipinski definition) is 1. The minimum Gasteiger partial charge on any atom is -0.329 e. The fourth-order valence-electron chi connectivity index (χ4n) is 4.27. The van der Waals surface area contributed by atoms with Crippen LogP contribution in [0.2, 0.25) is 0 Å². The predicted molar refractivity (Wildman–Crippen MR) is 129 cm³/mol. The van der Waals surface area contributed by atoms with Gasteiger partial charge in [0.2, 0.25) is 11.9 Å². The molecule has 2 unspecified atom stereocenters. The summed E-state index contributed by atoms with van der Waals surface area (Å²) < 4.78 is 40.7. The highest BCUT2D eigenvalue weighted by atomic mass is 35.5. The van der Waals surface area contributed by atoms with Crippen molar-refractivity contribution in [2.75, 3.05) is 16.3 Å². The maximum Gasteiger partial charge on any atom is 0.416 e. The van der Waals surface area contributed by atoms with E-state index in [0.717, 1.165) is 17.7 Å². The van der Waals surface area contributed by atoms with E-state index in [4.69, 9.17) is 23.2 Å². The first-order valence-corrected chi connectivity index (χ1v) is 11.3. The number of alkyl halides is 3. The number of benzene rings is 1. The lowest BCUT2D eigenvalue weighted by Crippen LogP contribution is -2.47. The van der Waals surface area contributed by atoms with Gasteiger partial charge in [-0.3, -0.25) is 4.79 Å². The normalized spacial score (nSPS) is 19.3. The van der Waals surface area contributed by atoms with E-state index in [0.29, 0.717) is 35.2 Å². The summed E-state index contributed by atoms with van der Waals surface area (Å²) in [5.41, 5.74) is 0.924. The molecule has 2 aromatic rings. The second kappa shape index (κ2) is 9.92. The Morgan fingerprint density at radius 3 is 2.50 bits per heavy atom. The third-order valence-corrected chi connectivity index (χ3v) is 5.90. The number of aromatic amines is 1. The van der Waals surface area contributed by atoms with Crippen LogP contribution in [0.15, 0.2) is 52.6 Å². The van der Waals surface area contributed by atoms with Gasteiger partial charge in [0.15, 0.2) is 0 Å². The molecule has 2 heterocycles. The van der Waals surface area contributed by atoms with Crippen molar-refractivity contribution in [2.24, 2.45) is 7.05 Å². The Morgan fingerprint density at radius 2 is 1.97 bits per heavy atom. The molecule has 3 rings (SSSR count). The summed E-state index contributed by atoms with van der Waals surface area (Å²) in [4.78, 5) is 17.3. The van der Waals surface area contributed by atoms with Gasteiger partial charge in [-0.15, -0.1) is 5.10 Å². The number of fused-ring (bicyclic) bond motifs is 1. The first-order chi connectivity index (χ1) is 15.8. The molecule has 0 saturated heterocycles. The Hall–Kier alpha value is -2.65. The summed E-state index contributed by atoms with van der Waals surface area (Å²) in [6.07, 6.45) is -0.888. The van der Waals surface area contributed by atoms with Gasteiger partial charge in [0, 0.05) is 42.3 Å². The molecule has 0 bridgehead atoms. The van der Waals surface area contributed by atoms with Gasteiger partial charge in [0.1, 0.15) is 0 Å². The SMILES string of the molecule is C=C(Cl)/C=C(Cl)\C=C(/C)CN(c1nn(C)[nH]1)C1CC(C)N(C(C)=O)c2ccc(C(F)(F)F)cc21. The maximum absolute atomic E-state index is 13.6. The van der Waals surface area contributed by atoms with Crippen molar-refractivity contribution in [1.29, 1.82) is 0 Å². The number of hydrogen-bond acceptors (Lipinski definition) is 3. The van der Waals surface area contributed by atoms with Gasteiger partial charge >= 0.3 is 6.18 Å². The third-order valence-electron chi connectivity index (χ3n) is 5.57. The summed E-state index contributed by atoms with van der Waals surface area (Å²) in [6.45, 7) is 9.05. The largest absolute Gasteiger partial charge is 0.416 e. The lowest BCUT2D eigenvalue weighted by Gasteiger charge is -2.44. The molecule has 1 aromatic heterocycles. The standard InChI is InChI=1S/C23H26Cl2F3N5O/c1-13(8-18(25)9-14(2)24)12-32(22-29-31(5)30-22)21-10-15(3)33(16(4)34)20-7-6-17(11-19(20)21)23(26,27)28/h6-9,11,15,21H,2,10,12H2,1,3-5H3,(H,29,30)/b13-8+,18-9+. The number of amides is 1. The highest BCUT2D eigenvalue weighted by molar-refractivity contribution is 6.35. The number of H-pyrrole nitrogens is 1. The molecule has 184 valence electrons. The third kappa shape index (κ3) is 5.70. The van der Waals surface area contributed by atoms with Crippen molar-refractivity contribution >= 4 is 40.7 Å². The zero-order chi connectivity index (χ0) is 25.4. The van der Waals surface area contributed by atoms with E-state index >= 15 is 0 Å². The van der Waals surface area contributed by atoms with Crippen LogP contribution in [-0.2, 0) is 18.0 Å². The van der Waals surface area contributed by atoms with E-state index in [1.54, 1.807) is 18.0 Å². The van der Waals surface area contributed by atoms with Gasteiger partial charge in [-0.2, -0.15) is 13.2 Å². The molecule has 0 radical (unpaired) electrons. The molecule has 1 N–H and O–H groups in total. The summed E-state index contributed by atoms with van der Waals surface area (Å²) in [5, 5.41) is 8.05. The Kier molecular flexibility index (Phi) is 7.57. The molecule has 11 heteroatoms. The van der Waals surface area contributed by atoms with Crippen LogP contribution in [-0.4, -0.2) is 33.5 Å². The van der Waals surface area contributed by atoms with Crippen molar-refractivity contribution in [3.8, 4) is 0 Å². The lowest BCUT2D eigenvalue weighted by atomic mass is 9.89. The second-order valence-corrected chi connectivity index (χ2v) is 9.34. The molecule has 1 aliphatic heterocycles.